The maximum absolute atomic E-state index is 10.8. The Hall–Kier alpha value is -0.860. The van der Waals surface area contributed by atoms with Gasteiger partial charge in [-0.15, -0.1) is 0 Å². The molecule has 0 saturated carbocycles. The van der Waals surface area contributed by atoms with Crippen molar-refractivity contribution in [3.63, 3.8) is 0 Å². The van der Waals surface area contributed by atoms with Crippen molar-refractivity contribution in [2.45, 2.75) is 58.2 Å². The third kappa shape index (κ3) is 3.33. The van der Waals surface area contributed by atoms with Crippen molar-refractivity contribution in [3.8, 4) is 0 Å². The average Bonchev–Trinajstić information content (AvgIpc) is 2.11. The van der Waals surface area contributed by atoms with E-state index in [0.29, 0.717) is 13.0 Å². The lowest BCUT2D eigenvalue weighted by molar-refractivity contribution is -0.143. The van der Waals surface area contributed by atoms with Crippen molar-refractivity contribution in [1.29, 1.82) is 0 Å². The van der Waals surface area contributed by atoms with Crippen LogP contribution in [0.1, 0.15) is 43.4 Å². The summed E-state index contributed by atoms with van der Waals surface area (Å²) in [5.41, 5.74) is 2.92. The van der Waals surface area contributed by atoms with Crippen molar-refractivity contribution in [1.82, 2.24) is 0 Å². The van der Waals surface area contributed by atoms with Crippen LogP contribution in [0.3, 0.4) is 0 Å². The fraction of sp³-hybridized carbons (Fsp3) is 0.625. The van der Waals surface area contributed by atoms with E-state index in [4.69, 9.17) is 4.74 Å². The van der Waals surface area contributed by atoms with Gasteiger partial charge in [0.15, 0.2) is 0 Å². The summed E-state index contributed by atoms with van der Waals surface area (Å²) < 4.78 is 5.69. The summed E-state index contributed by atoms with van der Waals surface area (Å²) in [5.74, 6) is 0. The van der Waals surface area contributed by atoms with Crippen LogP contribution in [0, 0.1) is 13.8 Å². The largest absolute Gasteiger partial charge is 0.389 e. The van der Waals surface area contributed by atoms with Gasteiger partial charge in [-0.1, -0.05) is 29.3 Å². The second-order valence-corrected chi connectivity index (χ2v) is 6.43. The zero-order chi connectivity index (χ0) is 13.4. The minimum atomic E-state index is -0.623. The molecule has 1 unspecified atom stereocenters. The van der Waals surface area contributed by atoms with Gasteiger partial charge in [-0.05, 0) is 39.7 Å². The Morgan fingerprint density at radius 3 is 2.33 bits per heavy atom. The molecule has 0 spiro atoms. The molecule has 1 aromatic rings. The molecule has 2 rings (SSSR count). The molecule has 0 bridgehead atoms. The van der Waals surface area contributed by atoms with Gasteiger partial charge in [0.05, 0.1) is 17.8 Å². The second kappa shape index (κ2) is 4.67. The average molecular weight is 248 g/mol. The van der Waals surface area contributed by atoms with Crippen LogP contribution in [-0.2, 0) is 11.2 Å². The van der Waals surface area contributed by atoms with E-state index in [1.165, 1.54) is 16.7 Å². The number of rotatable bonds is 2. The molecule has 1 fully saturated rings. The van der Waals surface area contributed by atoms with E-state index in [-0.39, 0.29) is 5.60 Å². The molecule has 100 valence electrons. The Morgan fingerprint density at radius 1 is 1.17 bits per heavy atom. The number of aryl methyl sites for hydroxylation is 2. The number of benzene rings is 1. The predicted molar refractivity (Wildman–Crippen MR) is 73.8 cm³/mol. The van der Waals surface area contributed by atoms with Gasteiger partial charge in [0.1, 0.15) is 0 Å². The van der Waals surface area contributed by atoms with Gasteiger partial charge >= 0.3 is 0 Å². The summed E-state index contributed by atoms with van der Waals surface area (Å²) in [7, 11) is 0. The SMILES string of the molecule is Cc1cc(C)cc(CC2(O)CCOC(C)(C)C2)c1. The Bertz CT molecular complexity index is 416. The second-order valence-electron chi connectivity index (χ2n) is 6.43. The summed E-state index contributed by atoms with van der Waals surface area (Å²) in [6.45, 7) is 8.97. The topological polar surface area (TPSA) is 29.5 Å². The van der Waals surface area contributed by atoms with Gasteiger partial charge < -0.3 is 9.84 Å². The van der Waals surface area contributed by atoms with Crippen LogP contribution in [0.4, 0.5) is 0 Å². The van der Waals surface area contributed by atoms with Gasteiger partial charge in [-0.3, -0.25) is 0 Å². The van der Waals surface area contributed by atoms with Gasteiger partial charge in [-0.25, -0.2) is 0 Å². The predicted octanol–water partition coefficient (Wildman–Crippen LogP) is 3.17. The third-order valence-corrected chi connectivity index (χ3v) is 3.63. The Morgan fingerprint density at radius 2 is 1.78 bits per heavy atom. The Balaban J connectivity index is 2.16. The molecule has 1 heterocycles. The molecule has 1 N–H and O–H groups in total. The lowest BCUT2D eigenvalue weighted by atomic mass is 9.80. The van der Waals surface area contributed by atoms with Crippen LogP contribution in [0.2, 0.25) is 0 Å². The molecule has 1 atom stereocenters. The highest BCUT2D eigenvalue weighted by molar-refractivity contribution is 5.29. The third-order valence-electron chi connectivity index (χ3n) is 3.63. The number of hydrogen-bond acceptors (Lipinski definition) is 2. The first kappa shape index (κ1) is 13.6. The smallest absolute Gasteiger partial charge is 0.0737 e. The minimum absolute atomic E-state index is 0.216. The molecule has 0 radical (unpaired) electrons. The van der Waals surface area contributed by atoms with Gasteiger partial charge in [0, 0.05) is 12.8 Å². The summed E-state index contributed by atoms with van der Waals surface area (Å²) in [6, 6.07) is 6.52. The summed E-state index contributed by atoms with van der Waals surface area (Å²) in [4.78, 5) is 0. The van der Waals surface area contributed by atoms with Crippen molar-refractivity contribution >= 4 is 0 Å². The lowest BCUT2D eigenvalue weighted by Gasteiger charge is -2.41. The summed E-state index contributed by atoms with van der Waals surface area (Å²) in [5, 5.41) is 10.8. The van der Waals surface area contributed by atoms with Crippen LogP contribution in [0.5, 0.6) is 0 Å². The van der Waals surface area contributed by atoms with E-state index in [9.17, 15) is 5.11 Å². The van der Waals surface area contributed by atoms with Crippen LogP contribution >= 0.6 is 0 Å². The molecule has 2 nitrogen and oxygen atoms in total. The van der Waals surface area contributed by atoms with Crippen LogP contribution < -0.4 is 0 Å². The zero-order valence-electron chi connectivity index (χ0n) is 11.9. The monoisotopic (exact) mass is 248 g/mol. The van der Waals surface area contributed by atoms with E-state index in [1.54, 1.807) is 0 Å². The fourth-order valence-corrected chi connectivity index (χ4v) is 3.15. The highest BCUT2D eigenvalue weighted by Gasteiger charge is 2.39. The van der Waals surface area contributed by atoms with Crippen molar-refractivity contribution < 1.29 is 9.84 Å². The number of aliphatic hydroxyl groups is 1. The highest BCUT2D eigenvalue weighted by Crippen LogP contribution is 2.34. The molecule has 1 aromatic carbocycles. The fourth-order valence-electron chi connectivity index (χ4n) is 3.15. The lowest BCUT2D eigenvalue weighted by Crippen LogP contribution is -2.47. The zero-order valence-corrected chi connectivity index (χ0v) is 11.9. The minimum Gasteiger partial charge on any atom is -0.389 e. The molecule has 2 heteroatoms. The van der Waals surface area contributed by atoms with Crippen molar-refractivity contribution in [3.05, 3.63) is 34.9 Å². The molecule has 1 aliphatic rings. The molecule has 1 saturated heterocycles. The molecule has 18 heavy (non-hydrogen) atoms. The molecular formula is C16H24O2. The first-order valence-corrected chi connectivity index (χ1v) is 6.72. The molecule has 0 amide bonds. The Kier molecular flexibility index (Phi) is 3.52. The number of hydrogen-bond donors (Lipinski definition) is 1. The maximum Gasteiger partial charge on any atom is 0.0737 e. The van der Waals surface area contributed by atoms with Crippen molar-refractivity contribution in [2.24, 2.45) is 0 Å². The quantitative estimate of drug-likeness (QED) is 0.871. The number of ether oxygens (including phenoxy) is 1. The van der Waals surface area contributed by atoms with E-state index < -0.39 is 5.60 Å². The highest BCUT2D eigenvalue weighted by atomic mass is 16.5. The summed E-state index contributed by atoms with van der Waals surface area (Å²) >= 11 is 0. The molecule has 0 aliphatic carbocycles. The maximum atomic E-state index is 10.8. The van der Waals surface area contributed by atoms with Gasteiger partial charge in [0.2, 0.25) is 0 Å². The van der Waals surface area contributed by atoms with Gasteiger partial charge in [0.25, 0.3) is 0 Å². The van der Waals surface area contributed by atoms with E-state index in [1.807, 2.05) is 0 Å². The Labute approximate surface area is 110 Å². The van der Waals surface area contributed by atoms with Crippen molar-refractivity contribution in [2.75, 3.05) is 6.61 Å². The van der Waals surface area contributed by atoms with E-state index in [2.05, 4.69) is 45.9 Å². The molecular weight excluding hydrogens is 224 g/mol. The first-order valence-electron chi connectivity index (χ1n) is 6.72. The van der Waals surface area contributed by atoms with Crippen LogP contribution in [0.15, 0.2) is 18.2 Å². The molecule has 1 aliphatic heterocycles. The van der Waals surface area contributed by atoms with Crippen LogP contribution in [-0.4, -0.2) is 22.9 Å². The standard InChI is InChI=1S/C16H24O2/c1-12-7-13(2)9-14(8-12)10-16(17)5-6-18-15(3,4)11-16/h7-9,17H,5-6,10-11H2,1-4H3. The van der Waals surface area contributed by atoms with E-state index in [0.717, 1.165) is 12.8 Å². The normalized spacial score (nSPS) is 27.2. The molecule has 0 aromatic heterocycles. The summed E-state index contributed by atoms with van der Waals surface area (Å²) in [6.07, 6.45) is 2.15. The van der Waals surface area contributed by atoms with Crippen LogP contribution in [0.25, 0.3) is 0 Å². The van der Waals surface area contributed by atoms with E-state index >= 15 is 0 Å². The van der Waals surface area contributed by atoms with Gasteiger partial charge in [-0.2, -0.15) is 0 Å². The first-order chi connectivity index (χ1) is 8.28.